The summed E-state index contributed by atoms with van der Waals surface area (Å²) in [6.45, 7) is 10.9. The molecular weight excluding hydrogens is 238 g/mol. The molecule has 0 amide bonds. The maximum absolute atomic E-state index is 5.81. The maximum atomic E-state index is 5.81. The molecule has 0 aliphatic rings. The Morgan fingerprint density at radius 3 is 2.74 bits per heavy atom. The fourth-order valence-corrected chi connectivity index (χ4v) is 2.01. The van der Waals surface area contributed by atoms with Crippen LogP contribution in [0.2, 0.25) is 0 Å². The quantitative estimate of drug-likeness (QED) is 0.892. The number of aromatic nitrogens is 3. The van der Waals surface area contributed by atoms with Crippen LogP contribution >= 0.6 is 0 Å². The van der Waals surface area contributed by atoms with E-state index in [9.17, 15) is 0 Å². The van der Waals surface area contributed by atoms with Crippen molar-refractivity contribution in [2.75, 3.05) is 24.5 Å². The molecule has 0 fully saturated rings. The molecule has 2 aromatic rings. The number of pyridine rings is 1. The summed E-state index contributed by atoms with van der Waals surface area (Å²) in [5.74, 6) is 0.773. The topological polar surface area (TPSA) is 59.5 Å². The fraction of sp³-hybridized carbons (Fsp3) is 0.571. The molecule has 0 radical (unpaired) electrons. The lowest BCUT2D eigenvalue weighted by molar-refractivity contribution is 0.377. The van der Waals surface area contributed by atoms with Crippen LogP contribution in [-0.4, -0.2) is 34.2 Å². The monoisotopic (exact) mass is 261 g/mol. The van der Waals surface area contributed by atoms with Crippen molar-refractivity contribution in [1.29, 1.82) is 0 Å². The molecule has 19 heavy (non-hydrogen) atoms. The van der Waals surface area contributed by atoms with E-state index in [1.54, 1.807) is 0 Å². The first-order valence-electron chi connectivity index (χ1n) is 6.73. The van der Waals surface area contributed by atoms with Crippen molar-refractivity contribution in [2.45, 2.75) is 27.7 Å². The molecule has 0 saturated carbocycles. The lowest BCUT2D eigenvalue weighted by Crippen LogP contribution is -2.39. The average molecular weight is 261 g/mol. The highest BCUT2D eigenvalue weighted by Crippen LogP contribution is 2.19. The van der Waals surface area contributed by atoms with Gasteiger partial charge in [-0.3, -0.25) is 0 Å². The third kappa shape index (κ3) is 3.04. The number of nitrogens with two attached hydrogens (primary N) is 1. The molecule has 5 heteroatoms. The summed E-state index contributed by atoms with van der Waals surface area (Å²) in [5.41, 5.74) is 7.92. The number of fused-ring (bicyclic) bond motifs is 1. The average Bonchev–Trinajstić information content (AvgIpc) is 2.78. The van der Waals surface area contributed by atoms with Crippen LogP contribution in [0.4, 0.5) is 5.95 Å². The lowest BCUT2D eigenvalue weighted by Gasteiger charge is -2.30. The predicted molar refractivity (Wildman–Crippen MR) is 78.4 cm³/mol. The molecule has 0 spiro atoms. The molecule has 0 aliphatic heterocycles. The molecule has 104 valence electrons. The lowest BCUT2D eigenvalue weighted by atomic mass is 9.93. The number of hydrogen-bond donors (Lipinski definition) is 1. The Morgan fingerprint density at radius 2 is 2.11 bits per heavy atom. The molecule has 0 atom stereocenters. The molecule has 2 rings (SSSR count). The first kappa shape index (κ1) is 13.8. The standard InChI is InChI=1S/C14H23N5/c1-5-18(10-14(3,4)9-15)13-16-12-7-6-11(2)8-19(12)17-13/h6-8H,5,9-10,15H2,1-4H3. The van der Waals surface area contributed by atoms with Crippen LogP contribution < -0.4 is 10.6 Å². The number of anilines is 1. The van der Waals surface area contributed by atoms with E-state index < -0.39 is 0 Å². The van der Waals surface area contributed by atoms with Gasteiger partial charge in [0.2, 0.25) is 5.95 Å². The van der Waals surface area contributed by atoms with Crippen LogP contribution in [0.5, 0.6) is 0 Å². The smallest absolute Gasteiger partial charge is 0.245 e. The van der Waals surface area contributed by atoms with Gasteiger partial charge in [-0.05, 0) is 37.4 Å². The van der Waals surface area contributed by atoms with Gasteiger partial charge < -0.3 is 10.6 Å². The molecular formula is C14H23N5. The molecule has 2 aromatic heterocycles. The molecule has 2 heterocycles. The van der Waals surface area contributed by atoms with Gasteiger partial charge in [0.1, 0.15) is 0 Å². The van der Waals surface area contributed by atoms with Gasteiger partial charge in [-0.25, -0.2) is 4.52 Å². The molecule has 0 aromatic carbocycles. The van der Waals surface area contributed by atoms with Gasteiger partial charge in [0.05, 0.1) is 0 Å². The van der Waals surface area contributed by atoms with E-state index in [1.165, 1.54) is 5.56 Å². The Hall–Kier alpha value is -1.62. The highest BCUT2D eigenvalue weighted by Gasteiger charge is 2.22. The number of rotatable bonds is 5. The van der Waals surface area contributed by atoms with Crippen LogP contribution in [-0.2, 0) is 0 Å². The molecule has 0 bridgehead atoms. The summed E-state index contributed by atoms with van der Waals surface area (Å²) in [7, 11) is 0. The minimum Gasteiger partial charge on any atom is -0.339 e. The number of aryl methyl sites for hydroxylation is 1. The van der Waals surface area contributed by atoms with Crippen LogP contribution in [0.15, 0.2) is 18.3 Å². The molecule has 0 saturated heterocycles. The second-order valence-corrected chi connectivity index (χ2v) is 5.80. The number of nitrogens with zero attached hydrogens (tertiary/aromatic N) is 4. The molecule has 2 N–H and O–H groups in total. The molecule has 0 unspecified atom stereocenters. The SMILES string of the molecule is CCN(CC(C)(C)CN)c1nc2ccc(C)cn2n1. The zero-order valence-corrected chi connectivity index (χ0v) is 12.2. The predicted octanol–water partition coefficient (Wildman–Crippen LogP) is 1.85. The Bertz CT molecular complexity index is 558. The molecule has 5 nitrogen and oxygen atoms in total. The summed E-state index contributed by atoms with van der Waals surface area (Å²) in [5, 5.41) is 4.55. The summed E-state index contributed by atoms with van der Waals surface area (Å²) >= 11 is 0. The van der Waals surface area contributed by atoms with Crippen molar-refractivity contribution < 1.29 is 0 Å². The van der Waals surface area contributed by atoms with Gasteiger partial charge in [-0.15, -0.1) is 5.10 Å². The van der Waals surface area contributed by atoms with Gasteiger partial charge in [-0.1, -0.05) is 19.9 Å². The summed E-state index contributed by atoms with van der Waals surface area (Å²) in [6, 6.07) is 4.04. The first-order chi connectivity index (χ1) is 8.95. The Labute approximate surface area is 114 Å². The van der Waals surface area contributed by atoms with Gasteiger partial charge in [-0.2, -0.15) is 4.98 Å². The summed E-state index contributed by atoms with van der Waals surface area (Å²) < 4.78 is 1.84. The Balaban J connectivity index is 2.30. The highest BCUT2D eigenvalue weighted by molar-refractivity contribution is 5.45. The van der Waals surface area contributed by atoms with E-state index >= 15 is 0 Å². The van der Waals surface area contributed by atoms with Gasteiger partial charge in [0, 0.05) is 19.3 Å². The summed E-state index contributed by atoms with van der Waals surface area (Å²) in [6.07, 6.45) is 1.99. The maximum Gasteiger partial charge on any atom is 0.245 e. The van der Waals surface area contributed by atoms with E-state index in [2.05, 4.69) is 42.7 Å². The van der Waals surface area contributed by atoms with Gasteiger partial charge in [0.25, 0.3) is 0 Å². The third-order valence-electron chi connectivity index (χ3n) is 3.30. The minimum atomic E-state index is 0.0589. The second kappa shape index (κ2) is 5.17. The van der Waals surface area contributed by atoms with Crippen molar-refractivity contribution in [2.24, 2.45) is 11.1 Å². The van der Waals surface area contributed by atoms with Crippen molar-refractivity contribution in [1.82, 2.24) is 14.6 Å². The van der Waals surface area contributed by atoms with Crippen LogP contribution in [0.3, 0.4) is 0 Å². The Kier molecular flexibility index (Phi) is 3.75. The molecule has 0 aliphatic carbocycles. The highest BCUT2D eigenvalue weighted by atomic mass is 15.4. The van der Waals surface area contributed by atoms with Crippen LogP contribution in [0, 0.1) is 12.3 Å². The number of hydrogen-bond acceptors (Lipinski definition) is 4. The van der Waals surface area contributed by atoms with Crippen LogP contribution in [0.25, 0.3) is 5.65 Å². The van der Waals surface area contributed by atoms with E-state index in [1.807, 2.05) is 22.8 Å². The van der Waals surface area contributed by atoms with E-state index in [0.29, 0.717) is 6.54 Å². The van der Waals surface area contributed by atoms with Gasteiger partial charge >= 0.3 is 0 Å². The van der Waals surface area contributed by atoms with E-state index in [0.717, 1.165) is 24.7 Å². The van der Waals surface area contributed by atoms with Gasteiger partial charge in [0.15, 0.2) is 5.65 Å². The zero-order chi connectivity index (χ0) is 14.0. The van der Waals surface area contributed by atoms with Crippen molar-refractivity contribution in [3.63, 3.8) is 0 Å². The fourth-order valence-electron chi connectivity index (χ4n) is 2.01. The first-order valence-corrected chi connectivity index (χ1v) is 6.73. The zero-order valence-electron chi connectivity index (χ0n) is 12.2. The van der Waals surface area contributed by atoms with E-state index in [4.69, 9.17) is 5.73 Å². The minimum absolute atomic E-state index is 0.0589. The van der Waals surface area contributed by atoms with Crippen molar-refractivity contribution in [3.05, 3.63) is 23.9 Å². The second-order valence-electron chi connectivity index (χ2n) is 5.80. The van der Waals surface area contributed by atoms with Crippen molar-refractivity contribution in [3.8, 4) is 0 Å². The summed E-state index contributed by atoms with van der Waals surface area (Å²) in [4.78, 5) is 6.76. The van der Waals surface area contributed by atoms with E-state index in [-0.39, 0.29) is 5.41 Å². The Morgan fingerprint density at radius 1 is 1.37 bits per heavy atom. The van der Waals surface area contributed by atoms with Crippen molar-refractivity contribution >= 4 is 11.6 Å². The normalized spacial score (nSPS) is 12.1. The third-order valence-corrected chi connectivity index (χ3v) is 3.30. The van der Waals surface area contributed by atoms with Crippen LogP contribution in [0.1, 0.15) is 26.3 Å². The largest absolute Gasteiger partial charge is 0.339 e.